The maximum Gasteiger partial charge on any atom is 0.293 e. The van der Waals surface area contributed by atoms with Crippen molar-refractivity contribution in [1.82, 2.24) is 14.9 Å². The number of hydrogen-bond acceptors (Lipinski definition) is 8. The van der Waals surface area contributed by atoms with Gasteiger partial charge in [-0.25, -0.2) is 4.98 Å². The second-order valence-corrected chi connectivity index (χ2v) is 7.24. The van der Waals surface area contributed by atoms with E-state index in [1.807, 2.05) is 37.3 Å². The standard InChI is InChI=1S/C23H30N6O3/c1-4-24-20-15-19-18(14-21(20)29(30)31)22(32-13-12-28(5-2)6-3)27-23(26-19)25-16-17-10-8-7-9-11-17/h7-11,14-15,24H,4-6,12-13,16H2,1-3H3,(H,25,26,27). The first-order valence-corrected chi connectivity index (χ1v) is 10.9. The summed E-state index contributed by atoms with van der Waals surface area (Å²) in [7, 11) is 0. The number of nitro benzene ring substituents is 1. The van der Waals surface area contributed by atoms with Crippen molar-refractivity contribution in [3.8, 4) is 5.88 Å². The van der Waals surface area contributed by atoms with Gasteiger partial charge in [-0.3, -0.25) is 10.1 Å². The zero-order valence-electron chi connectivity index (χ0n) is 18.8. The molecular formula is C23H30N6O3. The second kappa shape index (κ2) is 11.2. The Hall–Kier alpha value is -3.46. The molecule has 0 atom stereocenters. The van der Waals surface area contributed by atoms with Crippen molar-refractivity contribution in [3.63, 3.8) is 0 Å². The Morgan fingerprint density at radius 3 is 2.47 bits per heavy atom. The lowest BCUT2D eigenvalue weighted by Crippen LogP contribution is -2.28. The number of likely N-dealkylation sites (N-methyl/N-ethyl adjacent to an activating group) is 1. The summed E-state index contributed by atoms with van der Waals surface area (Å²) in [5.41, 5.74) is 2.07. The summed E-state index contributed by atoms with van der Waals surface area (Å²) in [5.74, 6) is 0.749. The Bertz CT molecular complexity index is 1040. The quantitative estimate of drug-likeness (QED) is 0.318. The number of hydrogen-bond donors (Lipinski definition) is 2. The molecule has 0 spiro atoms. The molecule has 0 aliphatic carbocycles. The Balaban J connectivity index is 1.96. The first-order chi connectivity index (χ1) is 15.5. The van der Waals surface area contributed by atoms with Crippen molar-refractivity contribution >= 4 is 28.2 Å². The lowest BCUT2D eigenvalue weighted by atomic mass is 10.2. The molecule has 1 aromatic heterocycles. The van der Waals surface area contributed by atoms with Crippen molar-refractivity contribution in [2.24, 2.45) is 0 Å². The molecule has 2 aromatic carbocycles. The molecule has 0 aliphatic rings. The summed E-state index contributed by atoms with van der Waals surface area (Å²) in [6, 6.07) is 13.1. The minimum absolute atomic E-state index is 0.0264. The number of nitrogens with one attached hydrogen (secondary N) is 2. The van der Waals surface area contributed by atoms with Crippen LogP contribution in [0.5, 0.6) is 5.88 Å². The molecule has 9 heteroatoms. The number of benzene rings is 2. The van der Waals surface area contributed by atoms with Gasteiger partial charge >= 0.3 is 0 Å². The van der Waals surface area contributed by atoms with Crippen molar-refractivity contribution in [1.29, 1.82) is 0 Å². The fraction of sp³-hybridized carbons (Fsp3) is 0.391. The maximum absolute atomic E-state index is 11.6. The predicted molar refractivity (Wildman–Crippen MR) is 127 cm³/mol. The first-order valence-electron chi connectivity index (χ1n) is 10.9. The molecule has 3 rings (SSSR count). The van der Waals surface area contributed by atoms with E-state index in [0.717, 1.165) is 25.2 Å². The van der Waals surface area contributed by atoms with Crippen LogP contribution in [0, 0.1) is 10.1 Å². The summed E-state index contributed by atoms with van der Waals surface area (Å²) in [6.45, 7) is 10.2. The molecule has 0 unspecified atom stereocenters. The van der Waals surface area contributed by atoms with E-state index >= 15 is 0 Å². The van der Waals surface area contributed by atoms with Crippen LogP contribution in [0.15, 0.2) is 42.5 Å². The molecule has 9 nitrogen and oxygen atoms in total. The number of nitrogens with zero attached hydrogens (tertiary/aromatic N) is 4. The highest BCUT2D eigenvalue weighted by molar-refractivity contribution is 5.91. The van der Waals surface area contributed by atoms with E-state index in [1.165, 1.54) is 6.07 Å². The summed E-state index contributed by atoms with van der Waals surface area (Å²) < 4.78 is 6.00. The van der Waals surface area contributed by atoms with E-state index < -0.39 is 4.92 Å². The summed E-state index contributed by atoms with van der Waals surface area (Å²) >= 11 is 0. The smallest absolute Gasteiger partial charge is 0.293 e. The topological polar surface area (TPSA) is 105 Å². The molecule has 0 fully saturated rings. The van der Waals surface area contributed by atoms with Gasteiger partial charge in [0.15, 0.2) is 0 Å². The molecule has 32 heavy (non-hydrogen) atoms. The maximum atomic E-state index is 11.6. The SMILES string of the molecule is CCNc1cc2nc(NCc3ccccc3)nc(OCCN(CC)CC)c2cc1[N+](=O)[O-]. The fourth-order valence-electron chi connectivity index (χ4n) is 3.40. The third kappa shape index (κ3) is 5.82. The lowest BCUT2D eigenvalue weighted by molar-refractivity contribution is -0.383. The van der Waals surface area contributed by atoms with Gasteiger partial charge < -0.3 is 20.3 Å². The van der Waals surface area contributed by atoms with Gasteiger partial charge in [-0.2, -0.15) is 4.98 Å². The zero-order chi connectivity index (χ0) is 22.9. The third-order valence-corrected chi connectivity index (χ3v) is 5.18. The van der Waals surface area contributed by atoms with Crippen molar-refractivity contribution in [2.75, 3.05) is 43.4 Å². The van der Waals surface area contributed by atoms with E-state index in [0.29, 0.717) is 48.1 Å². The van der Waals surface area contributed by atoms with Crippen LogP contribution in [0.1, 0.15) is 26.3 Å². The van der Waals surface area contributed by atoms with Crippen LogP contribution in [0.3, 0.4) is 0 Å². The fourth-order valence-corrected chi connectivity index (χ4v) is 3.40. The Labute approximate surface area is 188 Å². The van der Waals surface area contributed by atoms with E-state index in [9.17, 15) is 10.1 Å². The third-order valence-electron chi connectivity index (χ3n) is 5.18. The van der Waals surface area contributed by atoms with Gasteiger partial charge in [0.05, 0.1) is 15.8 Å². The monoisotopic (exact) mass is 438 g/mol. The minimum atomic E-state index is -0.404. The molecular weight excluding hydrogens is 408 g/mol. The van der Waals surface area contributed by atoms with E-state index in [-0.39, 0.29) is 5.69 Å². The Kier molecular flexibility index (Phi) is 8.15. The summed E-state index contributed by atoms with van der Waals surface area (Å²) in [6.07, 6.45) is 0. The van der Waals surface area contributed by atoms with E-state index in [4.69, 9.17) is 4.74 Å². The highest BCUT2D eigenvalue weighted by atomic mass is 16.6. The van der Waals surface area contributed by atoms with Crippen molar-refractivity contribution in [2.45, 2.75) is 27.3 Å². The number of ether oxygens (including phenoxy) is 1. The summed E-state index contributed by atoms with van der Waals surface area (Å²) in [5, 5.41) is 18.4. The average Bonchev–Trinajstić information content (AvgIpc) is 2.80. The van der Waals surface area contributed by atoms with Crippen LogP contribution < -0.4 is 15.4 Å². The molecule has 0 radical (unpaired) electrons. The normalized spacial score (nSPS) is 11.0. The van der Waals surface area contributed by atoms with Gasteiger partial charge in [0.25, 0.3) is 5.69 Å². The Morgan fingerprint density at radius 1 is 1.06 bits per heavy atom. The summed E-state index contributed by atoms with van der Waals surface area (Å²) in [4.78, 5) is 22.6. The van der Waals surface area contributed by atoms with Crippen molar-refractivity contribution < 1.29 is 9.66 Å². The second-order valence-electron chi connectivity index (χ2n) is 7.24. The highest BCUT2D eigenvalue weighted by Gasteiger charge is 2.19. The average molecular weight is 439 g/mol. The van der Waals surface area contributed by atoms with Crippen molar-refractivity contribution in [3.05, 3.63) is 58.1 Å². The van der Waals surface area contributed by atoms with Crippen LogP contribution in [0.2, 0.25) is 0 Å². The van der Waals surface area contributed by atoms with Gasteiger partial charge in [-0.05, 0) is 31.6 Å². The molecule has 1 heterocycles. The van der Waals surface area contributed by atoms with Gasteiger partial charge in [0.1, 0.15) is 12.3 Å². The molecule has 0 amide bonds. The van der Waals surface area contributed by atoms with Gasteiger partial charge in [-0.1, -0.05) is 44.2 Å². The number of fused-ring (bicyclic) bond motifs is 1. The van der Waals surface area contributed by atoms with Crippen LogP contribution in [0.4, 0.5) is 17.3 Å². The number of aromatic nitrogens is 2. The molecule has 0 saturated heterocycles. The zero-order valence-corrected chi connectivity index (χ0v) is 18.8. The largest absolute Gasteiger partial charge is 0.476 e. The van der Waals surface area contributed by atoms with E-state index in [1.54, 1.807) is 6.07 Å². The molecule has 170 valence electrons. The van der Waals surface area contributed by atoms with E-state index in [2.05, 4.69) is 39.3 Å². The first kappa shape index (κ1) is 23.2. The van der Waals surface area contributed by atoms with Crippen LogP contribution in [0.25, 0.3) is 10.9 Å². The van der Waals surface area contributed by atoms with Gasteiger partial charge in [-0.15, -0.1) is 0 Å². The number of rotatable bonds is 12. The molecule has 0 bridgehead atoms. The molecule has 0 aliphatic heterocycles. The van der Waals surface area contributed by atoms with Gasteiger partial charge in [0, 0.05) is 25.7 Å². The van der Waals surface area contributed by atoms with Crippen LogP contribution >= 0.6 is 0 Å². The van der Waals surface area contributed by atoms with Gasteiger partial charge in [0.2, 0.25) is 11.8 Å². The lowest BCUT2D eigenvalue weighted by Gasteiger charge is -2.18. The molecule has 3 aromatic rings. The predicted octanol–water partition coefficient (Wildman–Crippen LogP) is 4.30. The minimum Gasteiger partial charge on any atom is -0.476 e. The number of nitro groups is 1. The van der Waals surface area contributed by atoms with Crippen LogP contribution in [-0.4, -0.2) is 52.6 Å². The molecule has 2 N–H and O–H groups in total. The highest BCUT2D eigenvalue weighted by Crippen LogP contribution is 2.34. The molecule has 0 saturated carbocycles. The number of anilines is 2. The van der Waals surface area contributed by atoms with Crippen LogP contribution in [-0.2, 0) is 6.54 Å². The Morgan fingerprint density at radius 2 is 1.81 bits per heavy atom.